The summed E-state index contributed by atoms with van der Waals surface area (Å²) in [4.78, 5) is 23.8. The second kappa shape index (κ2) is 7.04. The Kier molecular flexibility index (Phi) is 4.84. The van der Waals surface area contributed by atoms with Crippen LogP contribution in [-0.2, 0) is 11.2 Å². The minimum absolute atomic E-state index is 0.0486. The second-order valence-electron chi connectivity index (χ2n) is 6.45. The van der Waals surface area contributed by atoms with E-state index in [2.05, 4.69) is 5.32 Å². The van der Waals surface area contributed by atoms with Gasteiger partial charge in [-0.3, -0.25) is 9.59 Å². The van der Waals surface area contributed by atoms with Crippen LogP contribution in [0.25, 0.3) is 10.8 Å². The van der Waals surface area contributed by atoms with Crippen LogP contribution in [0.4, 0.5) is 0 Å². The van der Waals surface area contributed by atoms with Gasteiger partial charge in [0.2, 0.25) is 5.91 Å². The van der Waals surface area contributed by atoms with E-state index in [-0.39, 0.29) is 17.6 Å². The van der Waals surface area contributed by atoms with Crippen molar-refractivity contribution in [2.75, 3.05) is 13.7 Å². The van der Waals surface area contributed by atoms with E-state index in [9.17, 15) is 9.59 Å². The first-order valence-electron chi connectivity index (χ1n) is 8.48. The van der Waals surface area contributed by atoms with Crippen molar-refractivity contribution in [1.29, 1.82) is 0 Å². The zero-order valence-electron chi connectivity index (χ0n) is 14.2. The molecule has 0 saturated heterocycles. The number of benzene rings is 2. The molecule has 1 saturated carbocycles. The lowest BCUT2D eigenvalue weighted by molar-refractivity contribution is -0.127. The van der Waals surface area contributed by atoms with Crippen molar-refractivity contribution in [2.24, 2.45) is 5.92 Å². The molecular weight excluding hydrogens is 302 g/mol. The minimum Gasteiger partial charge on any atom is -0.497 e. The number of ether oxygens (including phenoxy) is 1. The largest absolute Gasteiger partial charge is 0.497 e. The van der Waals surface area contributed by atoms with Gasteiger partial charge in [-0.25, -0.2) is 0 Å². The fraction of sp³-hybridized carbons (Fsp3) is 0.400. The summed E-state index contributed by atoms with van der Waals surface area (Å²) >= 11 is 0. The summed E-state index contributed by atoms with van der Waals surface area (Å²) < 4.78 is 5.31. The van der Waals surface area contributed by atoms with Gasteiger partial charge in [0.25, 0.3) is 0 Å². The molecule has 4 nitrogen and oxygen atoms in total. The van der Waals surface area contributed by atoms with Gasteiger partial charge in [0.1, 0.15) is 5.75 Å². The SMILES string of the molecule is COc1ccc2cc(C(C)=O)cc(CCNC(=O)C3CCC3)c2c1. The maximum absolute atomic E-state index is 12.0. The van der Waals surface area contributed by atoms with Crippen LogP contribution in [0.15, 0.2) is 30.3 Å². The molecule has 1 N–H and O–H groups in total. The highest BCUT2D eigenvalue weighted by atomic mass is 16.5. The normalized spacial score (nSPS) is 14.2. The lowest BCUT2D eigenvalue weighted by Gasteiger charge is -2.24. The molecule has 0 aromatic heterocycles. The second-order valence-corrected chi connectivity index (χ2v) is 6.45. The van der Waals surface area contributed by atoms with E-state index in [1.807, 2.05) is 30.3 Å². The molecule has 1 aliphatic rings. The Morgan fingerprint density at radius 3 is 2.62 bits per heavy atom. The lowest BCUT2D eigenvalue weighted by Crippen LogP contribution is -2.35. The van der Waals surface area contributed by atoms with Gasteiger partial charge in [-0.15, -0.1) is 0 Å². The number of Topliss-reactive ketones (excluding diaryl/α,β-unsaturated/α-hetero) is 1. The first-order valence-corrected chi connectivity index (χ1v) is 8.48. The Bertz CT molecular complexity index is 778. The van der Waals surface area contributed by atoms with Crippen LogP contribution in [0.3, 0.4) is 0 Å². The monoisotopic (exact) mass is 325 g/mol. The maximum atomic E-state index is 12.0. The highest BCUT2D eigenvalue weighted by Crippen LogP contribution is 2.27. The van der Waals surface area contributed by atoms with Crippen LogP contribution >= 0.6 is 0 Å². The van der Waals surface area contributed by atoms with Crippen molar-refractivity contribution in [2.45, 2.75) is 32.6 Å². The molecule has 0 aliphatic heterocycles. The van der Waals surface area contributed by atoms with Crippen molar-refractivity contribution in [1.82, 2.24) is 5.32 Å². The Morgan fingerprint density at radius 2 is 2.00 bits per heavy atom. The molecular formula is C20H23NO3. The van der Waals surface area contributed by atoms with Crippen molar-refractivity contribution < 1.29 is 14.3 Å². The first-order chi connectivity index (χ1) is 11.6. The molecule has 2 aromatic carbocycles. The molecule has 4 heteroatoms. The van der Waals surface area contributed by atoms with Crippen LogP contribution in [0, 0.1) is 5.92 Å². The van der Waals surface area contributed by atoms with Crippen molar-refractivity contribution in [3.8, 4) is 5.75 Å². The van der Waals surface area contributed by atoms with Crippen LogP contribution in [0.1, 0.15) is 42.1 Å². The zero-order chi connectivity index (χ0) is 17.1. The highest BCUT2D eigenvalue weighted by molar-refractivity contribution is 6.00. The molecule has 1 amide bonds. The van der Waals surface area contributed by atoms with Gasteiger partial charge >= 0.3 is 0 Å². The Labute approximate surface area is 142 Å². The minimum atomic E-state index is 0.0486. The molecule has 0 unspecified atom stereocenters. The molecule has 3 rings (SSSR count). The summed E-state index contributed by atoms with van der Waals surface area (Å²) in [6.07, 6.45) is 3.87. The molecule has 126 valence electrons. The topological polar surface area (TPSA) is 55.4 Å². The number of ketones is 1. The molecule has 2 aromatic rings. The average Bonchev–Trinajstić information content (AvgIpc) is 2.52. The fourth-order valence-electron chi connectivity index (χ4n) is 3.09. The number of carbonyl (C=O) groups excluding carboxylic acids is 2. The predicted octanol–water partition coefficient (Wildman–Crippen LogP) is 3.51. The standard InChI is InChI=1S/C20H23NO3/c1-13(22)17-10-15-6-7-18(24-2)12-19(15)16(11-17)8-9-21-20(23)14-4-3-5-14/h6-7,10-12,14H,3-5,8-9H2,1-2H3,(H,21,23). The smallest absolute Gasteiger partial charge is 0.223 e. The van der Waals surface area contributed by atoms with Gasteiger partial charge in [0.05, 0.1) is 7.11 Å². The van der Waals surface area contributed by atoms with Crippen LogP contribution in [-0.4, -0.2) is 25.3 Å². The van der Waals surface area contributed by atoms with Crippen LogP contribution < -0.4 is 10.1 Å². The number of nitrogens with one attached hydrogen (secondary N) is 1. The van der Waals surface area contributed by atoms with Gasteiger partial charge in [-0.1, -0.05) is 12.5 Å². The molecule has 1 aliphatic carbocycles. The van der Waals surface area contributed by atoms with E-state index in [4.69, 9.17) is 4.74 Å². The van der Waals surface area contributed by atoms with Crippen molar-refractivity contribution in [3.63, 3.8) is 0 Å². The summed E-state index contributed by atoms with van der Waals surface area (Å²) in [6, 6.07) is 9.70. The molecule has 0 atom stereocenters. The maximum Gasteiger partial charge on any atom is 0.223 e. The summed E-state index contributed by atoms with van der Waals surface area (Å²) in [5.41, 5.74) is 1.76. The molecule has 24 heavy (non-hydrogen) atoms. The lowest BCUT2D eigenvalue weighted by atomic mass is 9.85. The average molecular weight is 325 g/mol. The zero-order valence-corrected chi connectivity index (χ0v) is 14.2. The number of rotatable bonds is 6. The first kappa shape index (κ1) is 16.5. The number of hydrogen-bond donors (Lipinski definition) is 1. The Balaban J connectivity index is 1.83. The van der Waals surface area contributed by atoms with Gasteiger partial charge < -0.3 is 10.1 Å². The summed E-state index contributed by atoms with van der Waals surface area (Å²) in [6.45, 7) is 2.16. The third kappa shape index (κ3) is 3.42. The summed E-state index contributed by atoms with van der Waals surface area (Å²) in [5.74, 6) is 1.20. The van der Waals surface area contributed by atoms with E-state index in [0.29, 0.717) is 18.5 Å². The molecule has 0 bridgehead atoms. The van der Waals surface area contributed by atoms with E-state index in [0.717, 1.165) is 41.3 Å². The number of fused-ring (bicyclic) bond motifs is 1. The van der Waals surface area contributed by atoms with E-state index < -0.39 is 0 Å². The van der Waals surface area contributed by atoms with E-state index in [1.165, 1.54) is 0 Å². The van der Waals surface area contributed by atoms with Crippen LogP contribution in [0.5, 0.6) is 5.75 Å². The molecule has 0 spiro atoms. The van der Waals surface area contributed by atoms with Gasteiger partial charge in [-0.05, 0) is 66.8 Å². The van der Waals surface area contributed by atoms with E-state index >= 15 is 0 Å². The summed E-state index contributed by atoms with van der Waals surface area (Å²) in [7, 11) is 1.64. The van der Waals surface area contributed by atoms with Crippen LogP contribution in [0.2, 0.25) is 0 Å². The van der Waals surface area contributed by atoms with Gasteiger partial charge in [0, 0.05) is 18.0 Å². The van der Waals surface area contributed by atoms with Crippen molar-refractivity contribution in [3.05, 3.63) is 41.5 Å². The predicted molar refractivity (Wildman–Crippen MR) is 94.6 cm³/mol. The van der Waals surface area contributed by atoms with Gasteiger partial charge in [-0.2, -0.15) is 0 Å². The third-order valence-corrected chi connectivity index (χ3v) is 4.82. The molecule has 0 heterocycles. The molecule has 1 fully saturated rings. The molecule has 0 radical (unpaired) electrons. The number of amides is 1. The van der Waals surface area contributed by atoms with E-state index in [1.54, 1.807) is 14.0 Å². The van der Waals surface area contributed by atoms with Gasteiger partial charge in [0.15, 0.2) is 5.78 Å². The quantitative estimate of drug-likeness (QED) is 0.827. The Hall–Kier alpha value is -2.36. The number of carbonyl (C=O) groups is 2. The third-order valence-electron chi connectivity index (χ3n) is 4.82. The number of hydrogen-bond acceptors (Lipinski definition) is 3. The Morgan fingerprint density at radius 1 is 1.21 bits per heavy atom. The highest BCUT2D eigenvalue weighted by Gasteiger charge is 2.24. The van der Waals surface area contributed by atoms with Crippen molar-refractivity contribution >= 4 is 22.5 Å². The number of methoxy groups -OCH3 is 1. The summed E-state index contributed by atoms with van der Waals surface area (Å²) in [5, 5.41) is 5.10. The fourth-order valence-corrected chi connectivity index (χ4v) is 3.09.